The fourth-order valence-corrected chi connectivity index (χ4v) is 2.28. The van der Waals surface area contributed by atoms with E-state index in [9.17, 15) is 0 Å². The van der Waals surface area contributed by atoms with Gasteiger partial charge in [-0.3, -0.25) is 4.99 Å². The van der Waals surface area contributed by atoms with E-state index in [1.165, 1.54) is 5.01 Å². The first-order valence-electron chi connectivity index (χ1n) is 6.36. The minimum Gasteiger partial charge on any atom is -0.356 e. The summed E-state index contributed by atoms with van der Waals surface area (Å²) in [4.78, 5) is 8.81. The Hall–Kier alpha value is -1.10. The quantitative estimate of drug-likeness (QED) is 0.651. The molecule has 102 valence electrons. The molecule has 0 bridgehead atoms. The van der Waals surface area contributed by atoms with Crippen LogP contribution in [0.5, 0.6) is 0 Å². The molecule has 18 heavy (non-hydrogen) atoms. The molecule has 0 radical (unpaired) electrons. The van der Waals surface area contributed by atoms with Gasteiger partial charge in [0.2, 0.25) is 0 Å². The second-order valence-electron chi connectivity index (χ2n) is 5.25. The Labute approximate surface area is 114 Å². The van der Waals surface area contributed by atoms with Crippen molar-refractivity contribution in [3.63, 3.8) is 0 Å². The van der Waals surface area contributed by atoms with Crippen LogP contribution in [0.3, 0.4) is 0 Å². The Morgan fingerprint density at radius 1 is 1.39 bits per heavy atom. The van der Waals surface area contributed by atoms with Crippen LogP contribution in [0.1, 0.15) is 44.8 Å². The van der Waals surface area contributed by atoms with E-state index in [0.717, 1.165) is 31.2 Å². The third kappa shape index (κ3) is 4.64. The van der Waals surface area contributed by atoms with Crippen LogP contribution in [0.15, 0.2) is 10.4 Å². The number of aliphatic imine (C=N–C) groups is 1. The second kappa shape index (κ2) is 6.73. The summed E-state index contributed by atoms with van der Waals surface area (Å²) in [5, 5.41) is 9.80. The lowest BCUT2D eigenvalue weighted by atomic mass is 9.98. The van der Waals surface area contributed by atoms with Crippen molar-refractivity contribution in [3.05, 3.63) is 16.1 Å². The van der Waals surface area contributed by atoms with E-state index < -0.39 is 0 Å². The van der Waals surface area contributed by atoms with Gasteiger partial charge in [-0.25, -0.2) is 4.98 Å². The molecule has 0 saturated carbocycles. The van der Waals surface area contributed by atoms with Crippen molar-refractivity contribution >= 4 is 17.3 Å². The molecular weight excluding hydrogens is 244 g/mol. The van der Waals surface area contributed by atoms with Gasteiger partial charge in [0, 0.05) is 24.4 Å². The van der Waals surface area contributed by atoms with Gasteiger partial charge in [0.25, 0.3) is 0 Å². The van der Waals surface area contributed by atoms with Gasteiger partial charge in [-0.2, -0.15) is 0 Å². The first-order chi connectivity index (χ1) is 8.47. The highest BCUT2D eigenvalue weighted by Gasteiger charge is 2.17. The summed E-state index contributed by atoms with van der Waals surface area (Å²) in [5.41, 5.74) is 1.20. The van der Waals surface area contributed by atoms with E-state index >= 15 is 0 Å². The van der Waals surface area contributed by atoms with Crippen molar-refractivity contribution in [1.29, 1.82) is 0 Å². The number of hydrogen-bond donors (Lipinski definition) is 2. The Kier molecular flexibility index (Phi) is 5.59. The number of thiazole rings is 1. The van der Waals surface area contributed by atoms with Gasteiger partial charge < -0.3 is 10.6 Å². The zero-order valence-corrected chi connectivity index (χ0v) is 12.8. The highest BCUT2D eigenvalue weighted by molar-refractivity contribution is 7.09. The first kappa shape index (κ1) is 15.0. The Balaban J connectivity index is 2.51. The highest BCUT2D eigenvalue weighted by Crippen LogP contribution is 2.25. The molecule has 1 aromatic rings. The summed E-state index contributed by atoms with van der Waals surface area (Å²) in [5.74, 6) is 0.835. The third-order valence-electron chi connectivity index (χ3n) is 2.40. The van der Waals surface area contributed by atoms with Crippen LogP contribution in [-0.4, -0.2) is 24.5 Å². The van der Waals surface area contributed by atoms with Gasteiger partial charge in [-0.1, -0.05) is 27.7 Å². The Bertz CT molecular complexity index is 390. The van der Waals surface area contributed by atoms with Crippen LogP contribution < -0.4 is 10.6 Å². The zero-order chi connectivity index (χ0) is 13.6. The maximum absolute atomic E-state index is 4.64. The van der Waals surface area contributed by atoms with Crippen molar-refractivity contribution in [2.75, 3.05) is 13.6 Å². The number of nitrogens with zero attached hydrogens (tertiary/aromatic N) is 2. The van der Waals surface area contributed by atoms with Crippen LogP contribution in [-0.2, 0) is 12.0 Å². The Morgan fingerprint density at radius 3 is 2.61 bits per heavy atom. The predicted molar refractivity (Wildman–Crippen MR) is 79.3 cm³/mol. The molecule has 4 nitrogen and oxygen atoms in total. The van der Waals surface area contributed by atoms with E-state index in [2.05, 4.69) is 53.7 Å². The lowest BCUT2D eigenvalue weighted by Crippen LogP contribution is -2.37. The molecule has 0 saturated heterocycles. The molecule has 2 N–H and O–H groups in total. The average molecular weight is 268 g/mol. The van der Waals surface area contributed by atoms with Crippen molar-refractivity contribution in [2.24, 2.45) is 4.99 Å². The molecule has 0 aliphatic heterocycles. The van der Waals surface area contributed by atoms with Crippen molar-refractivity contribution in [1.82, 2.24) is 15.6 Å². The average Bonchev–Trinajstić information content (AvgIpc) is 2.78. The van der Waals surface area contributed by atoms with Crippen LogP contribution >= 0.6 is 11.3 Å². The Morgan fingerprint density at radius 2 is 2.11 bits per heavy atom. The van der Waals surface area contributed by atoms with E-state index in [0.29, 0.717) is 0 Å². The summed E-state index contributed by atoms with van der Waals surface area (Å²) in [6, 6.07) is 0. The molecule has 0 spiro atoms. The smallest absolute Gasteiger partial charge is 0.191 e. The van der Waals surface area contributed by atoms with Crippen molar-refractivity contribution in [3.8, 4) is 0 Å². The normalized spacial score (nSPS) is 12.6. The molecule has 0 aliphatic rings. The standard InChI is InChI=1S/C13H24N4S/c1-6-7-15-12(14-5)16-8-10-9-18-11(17-10)13(2,3)4/h9H,6-8H2,1-5H3,(H2,14,15,16). The topological polar surface area (TPSA) is 49.3 Å². The van der Waals surface area contributed by atoms with Gasteiger partial charge in [0.1, 0.15) is 0 Å². The lowest BCUT2D eigenvalue weighted by molar-refractivity contribution is 0.582. The molecule has 0 aliphatic carbocycles. The minimum atomic E-state index is 0.130. The summed E-state index contributed by atoms with van der Waals surface area (Å²) < 4.78 is 0. The second-order valence-corrected chi connectivity index (χ2v) is 6.10. The van der Waals surface area contributed by atoms with E-state index in [1.807, 2.05) is 0 Å². The first-order valence-corrected chi connectivity index (χ1v) is 7.24. The fourth-order valence-electron chi connectivity index (χ4n) is 1.37. The van der Waals surface area contributed by atoms with Crippen LogP contribution in [0, 0.1) is 0 Å². The molecule has 0 amide bonds. The van der Waals surface area contributed by atoms with Gasteiger partial charge in [-0.15, -0.1) is 11.3 Å². The fraction of sp³-hybridized carbons (Fsp3) is 0.692. The monoisotopic (exact) mass is 268 g/mol. The molecular formula is C13H24N4S. The van der Waals surface area contributed by atoms with Gasteiger partial charge in [-0.05, 0) is 6.42 Å². The van der Waals surface area contributed by atoms with Crippen LogP contribution in [0.4, 0.5) is 0 Å². The molecule has 1 aromatic heterocycles. The van der Waals surface area contributed by atoms with E-state index in [1.54, 1.807) is 18.4 Å². The largest absolute Gasteiger partial charge is 0.356 e. The maximum atomic E-state index is 4.64. The SMILES string of the molecule is CCCNC(=NC)NCc1csc(C(C)(C)C)n1. The van der Waals surface area contributed by atoms with Crippen LogP contribution in [0.25, 0.3) is 0 Å². The minimum absolute atomic E-state index is 0.130. The molecule has 0 atom stereocenters. The zero-order valence-electron chi connectivity index (χ0n) is 12.0. The molecule has 5 heteroatoms. The summed E-state index contributed by atoms with van der Waals surface area (Å²) in [6.45, 7) is 10.3. The summed E-state index contributed by atoms with van der Waals surface area (Å²) >= 11 is 1.72. The van der Waals surface area contributed by atoms with Crippen molar-refractivity contribution in [2.45, 2.75) is 46.1 Å². The summed E-state index contributed by atoms with van der Waals surface area (Å²) in [6.07, 6.45) is 1.09. The number of guanidine groups is 1. The number of rotatable bonds is 4. The molecule has 0 aromatic carbocycles. The van der Waals surface area contributed by atoms with Crippen LogP contribution in [0.2, 0.25) is 0 Å². The highest BCUT2D eigenvalue weighted by atomic mass is 32.1. The number of hydrogen-bond acceptors (Lipinski definition) is 3. The predicted octanol–water partition coefficient (Wildman–Crippen LogP) is 2.52. The third-order valence-corrected chi connectivity index (χ3v) is 3.71. The summed E-state index contributed by atoms with van der Waals surface area (Å²) in [7, 11) is 1.78. The number of aromatic nitrogens is 1. The number of nitrogens with one attached hydrogen (secondary N) is 2. The molecule has 0 unspecified atom stereocenters. The van der Waals surface area contributed by atoms with Gasteiger partial charge in [0.15, 0.2) is 5.96 Å². The molecule has 1 rings (SSSR count). The van der Waals surface area contributed by atoms with Gasteiger partial charge >= 0.3 is 0 Å². The maximum Gasteiger partial charge on any atom is 0.191 e. The van der Waals surface area contributed by atoms with Gasteiger partial charge in [0.05, 0.1) is 17.2 Å². The van der Waals surface area contributed by atoms with Crippen molar-refractivity contribution < 1.29 is 0 Å². The lowest BCUT2D eigenvalue weighted by Gasteiger charge is -2.13. The van der Waals surface area contributed by atoms with E-state index in [4.69, 9.17) is 0 Å². The molecule has 0 fully saturated rings. The molecule has 1 heterocycles. The van der Waals surface area contributed by atoms with E-state index in [-0.39, 0.29) is 5.41 Å².